The van der Waals surface area contributed by atoms with Crippen LogP contribution in [0.3, 0.4) is 0 Å². The van der Waals surface area contributed by atoms with E-state index in [1.165, 1.54) is 23.8 Å². The van der Waals surface area contributed by atoms with Crippen LogP contribution in [0, 0.1) is 0 Å². The summed E-state index contributed by atoms with van der Waals surface area (Å²) >= 11 is 0. The van der Waals surface area contributed by atoms with Crippen molar-refractivity contribution in [1.29, 1.82) is 0 Å². The van der Waals surface area contributed by atoms with Gasteiger partial charge < -0.3 is 4.74 Å². The van der Waals surface area contributed by atoms with E-state index in [4.69, 9.17) is 4.74 Å². The Morgan fingerprint density at radius 3 is 1.88 bits per heavy atom. The highest BCUT2D eigenvalue weighted by atomic mass is 16.5. The van der Waals surface area contributed by atoms with Gasteiger partial charge in [0.25, 0.3) is 0 Å². The number of rotatable bonds is 10. The Hall–Kier alpha value is -3.39. The van der Waals surface area contributed by atoms with Crippen LogP contribution in [0.5, 0.6) is 0 Å². The van der Waals surface area contributed by atoms with Gasteiger partial charge in [0.2, 0.25) is 0 Å². The van der Waals surface area contributed by atoms with Crippen LogP contribution < -0.4 is 0 Å². The molecule has 0 radical (unpaired) electrons. The van der Waals surface area contributed by atoms with Gasteiger partial charge in [-0.1, -0.05) is 116 Å². The maximum absolute atomic E-state index is 12.5. The smallest absolute Gasteiger partial charge is 0.306 e. The molecule has 0 saturated heterocycles. The molecule has 0 fully saturated rings. The van der Waals surface area contributed by atoms with Crippen molar-refractivity contribution in [2.75, 3.05) is 7.11 Å². The lowest BCUT2D eigenvalue weighted by molar-refractivity contribution is -0.140. The van der Waals surface area contributed by atoms with Gasteiger partial charge in [-0.15, -0.1) is 0 Å². The van der Waals surface area contributed by atoms with Crippen molar-refractivity contribution >= 4 is 18.1 Å². The predicted molar refractivity (Wildman–Crippen MR) is 134 cm³/mol. The van der Waals surface area contributed by atoms with Crippen LogP contribution in [-0.4, -0.2) is 13.1 Å². The number of methoxy groups -OCH3 is 1. The van der Waals surface area contributed by atoms with Crippen LogP contribution in [0.2, 0.25) is 0 Å². The molecule has 0 saturated carbocycles. The number of esters is 1. The summed E-state index contributed by atoms with van der Waals surface area (Å²) < 4.78 is 5.10. The number of unbranched alkanes of at least 4 members (excludes halogenated alkanes) is 1. The van der Waals surface area contributed by atoms with E-state index in [2.05, 4.69) is 67.6 Å². The molecule has 0 aliphatic rings. The molecule has 0 aliphatic carbocycles. The Morgan fingerprint density at radius 1 is 0.812 bits per heavy atom. The van der Waals surface area contributed by atoms with Crippen molar-refractivity contribution in [1.82, 2.24) is 0 Å². The van der Waals surface area contributed by atoms with Gasteiger partial charge in [0.1, 0.15) is 0 Å². The van der Waals surface area contributed by atoms with Crippen molar-refractivity contribution in [3.63, 3.8) is 0 Å². The summed E-state index contributed by atoms with van der Waals surface area (Å²) in [4.78, 5) is 12.5. The van der Waals surface area contributed by atoms with Crippen LogP contribution in [0.15, 0.2) is 102 Å². The maximum atomic E-state index is 12.5. The van der Waals surface area contributed by atoms with E-state index in [-0.39, 0.29) is 11.9 Å². The Morgan fingerprint density at radius 2 is 1.34 bits per heavy atom. The fourth-order valence-electron chi connectivity index (χ4n) is 3.91. The largest absolute Gasteiger partial charge is 0.469 e. The van der Waals surface area contributed by atoms with Crippen molar-refractivity contribution in [3.8, 4) is 0 Å². The maximum Gasteiger partial charge on any atom is 0.306 e. The molecule has 0 spiro atoms. The number of hydrogen-bond donors (Lipinski definition) is 0. The molecule has 3 rings (SSSR count). The fraction of sp³-hybridized carbons (Fsp3) is 0.233. The summed E-state index contributed by atoms with van der Waals surface area (Å²) in [6.45, 7) is 2.21. The van der Waals surface area contributed by atoms with E-state index in [1.54, 1.807) is 0 Å². The summed E-state index contributed by atoms with van der Waals surface area (Å²) in [6, 6.07) is 31.1. The van der Waals surface area contributed by atoms with Gasteiger partial charge in [0, 0.05) is 5.92 Å². The first-order valence-corrected chi connectivity index (χ1v) is 11.4. The number of carbonyl (C=O) groups is 1. The SMILES string of the molecule is CCCCC(=C/c1ccccc1)/C(=C/c1ccccc1)C(CC(=O)OC)c1ccccc1. The van der Waals surface area contributed by atoms with Crippen LogP contribution in [0.25, 0.3) is 12.2 Å². The molecule has 0 amide bonds. The Labute approximate surface area is 192 Å². The number of carbonyl (C=O) groups excluding carboxylic acids is 1. The molecule has 3 aromatic rings. The average molecular weight is 425 g/mol. The molecule has 2 nitrogen and oxygen atoms in total. The first kappa shape index (κ1) is 23.3. The van der Waals surface area contributed by atoms with Gasteiger partial charge in [-0.2, -0.15) is 0 Å². The fourth-order valence-corrected chi connectivity index (χ4v) is 3.91. The highest BCUT2D eigenvalue weighted by molar-refractivity contribution is 5.75. The Balaban J connectivity index is 2.18. The number of hydrogen-bond acceptors (Lipinski definition) is 2. The summed E-state index contributed by atoms with van der Waals surface area (Å²) in [5.41, 5.74) is 5.85. The van der Waals surface area contributed by atoms with E-state index >= 15 is 0 Å². The van der Waals surface area contributed by atoms with Gasteiger partial charge in [0.05, 0.1) is 13.5 Å². The molecule has 0 heterocycles. The van der Waals surface area contributed by atoms with Crippen LogP contribution in [0.1, 0.15) is 55.2 Å². The third-order valence-electron chi connectivity index (χ3n) is 5.61. The van der Waals surface area contributed by atoms with E-state index < -0.39 is 0 Å². The van der Waals surface area contributed by atoms with E-state index in [1.807, 2.05) is 42.5 Å². The molecule has 1 atom stereocenters. The minimum Gasteiger partial charge on any atom is -0.469 e. The monoisotopic (exact) mass is 424 g/mol. The number of benzene rings is 3. The first-order valence-electron chi connectivity index (χ1n) is 11.4. The lowest BCUT2D eigenvalue weighted by atomic mass is 9.81. The zero-order chi connectivity index (χ0) is 22.6. The quantitative estimate of drug-likeness (QED) is 0.246. The molecule has 2 heteroatoms. The highest BCUT2D eigenvalue weighted by Crippen LogP contribution is 2.37. The van der Waals surface area contributed by atoms with E-state index in [9.17, 15) is 4.79 Å². The molecule has 0 bridgehead atoms. The van der Waals surface area contributed by atoms with Gasteiger partial charge >= 0.3 is 5.97 Å². The molecule has 0 aromatic heterocycles. The summed E-state index contributed by atoms with van der Waals surface area (Å²) in [7, 11) is 1.46. The summed E-state index contributed by atoms with van der Waals surface area (Å²) in [5, 5.41) is 0. The number of allylic oxidation sites excluding steroid dienone is 2. The molecule has 3 aromatic carbocycles. The van der Waals surface area contributed by atoms with Gasteiger partial charge in [0.15, 0.2) is 0 Å². The Kier molecular flexibility index (Phi) is 9.06. The average Bonchev–Trinajstić information content (AvgIpc) is 2.85. The van der Waals surface area contributed by atoms with E-state index in [0.717, 1.165) is 30.4 Å². The predicted octanol–water partition coefficient (Wildman–Crippen LogP) is 7.69. The molecule has 0 N–H and O–H groups in total. The summed E-state index contributed by atoms with van der Waals surface area (Å²) in [6.07, 6.45) is 7.97. The Bertz CT molecular complexity index is 1020. The third-order valence-corrected chi connectivity index (χ3v) is 5.61. The normalized spacial score (nSPS) is 12.9. The second-order valence-corrected chi connectivity index (χ2v) is 7.94. The molecular formula is C30H32O2. The van der Waals surface area contributed by atoms with Crippen molar-refractivity contribution in [2.45, 2.75) is 38.5 Å². The number of ether oxygens (including phenoxy) is 1. The van der Waals surface area contributed by atoms with Crippen LogP contribution >= 0.6 is 0 Å². The molecule has 32 heavy (non-hydrogen) atoms. The minimum atomic E-state index is -0.202. The first-order chi connectivity index (χ1) is 15.7. The topological polar surface area (TPSA) is 26.3 Å². The zero-order valence-corrected chi connectivity index (χ0v) is 19.0. The van der Waals surface area contributed by atoms with Crippen molar-refractivity contribution in [2.24, 2.45) is 0 Å². The van der Waals surface area contributed by atoms with Crippen molar-refractivity contribution < 1.29 is 9.53 Å². The van der Waals surface area contributed by atoms with Crippen LogP contribution in [-0.2, 0) is 9.53 Å². The molecule has 164 valence electrons. The standard InChI is InChI=1S/C30H32O2/c1-3-4-18-27(21-24-14-8-5-9-15-24)28(22-25-16-10-6-11-17-25)29(23-30(31)32-2)26-19-12-7-13-20-26/h5-17,19-22,29H,3-4,18,23H2,1-2H3/b27-21-,28-22-. The second kappa shape index (κ2) is 12.5. The summed E-state index contributed by atoms with van der Waals surface area (Å²) in [5.74, 6) is -0.289. The molecular weight excluding hydrogens is 392 g/mol. The van der Waals surface area contributed by atoms with Gasteiger partial charge in [-0.25, -0.2) is 0 Å². The second-order valence-electron chi connectivity index (χ2n) is 7.94. The van der Waals surface area contributed by atoms with Crippen molar-refractivity contribution in [3.05, 3.63) is 119 Å². The third kappa shape index (κ3) is 6.81. The molecule has 1 unspecified atom stereocenters. The minimum absolute atomic E-state index is 0.0873. The zero-order valence-electron chi connectivity index (χ0n) is 19.0. The lowest BCUT2D eigenvalue weighted by Crippen LogP contribution is -2.13. The molecule has 0 aliphatic heterocycles. The van der Waals surface area contributed by atoms with E-state index in [0.29, 0.717) is 6.42 Å². The highest BCUT2D eigenvalue weighted by Gasteiger charge is 2.23. The lowest BCUT2D eigenvalue weighted by Gasteiger charge is -2.23. The van der Waals surface area contributed by atoms with Gasteiger partial charge in [-0.05, 0) is 40.7 Å². The van der Waals surface area contributed by atoms with Gasteiger partial charge in [-0.3, -0.25) is 4.79 Å². The van der Waals surface area contributed by atoms with Crippen LogP contribution in [0.4, 0.5) is 0 Å².